The van der Waals surface area contributed by atoms with Crippen LogP contribution in [0, 0.1) is 11.6 Å². The Balaban J connectivity index is 1.84. The first-order valence-corrected chi connectivity index (χ1v) is 6.21. The van der Waals surface area contributed by atoms with Crippen molar-refractivity contribution < 1.29 is 23.0 Å². The Kier molecular flexibility index (Phi) is 3.39. The zero-order valence-corrected chi connectivity index (χ0v) is 10.8. The monoisotopic (exact) mass is 288 g/mol. The van der Waals surface area contributed by atoms with E-state index in [9.17, 15) is 13.6 Å². The van der Waals surface area contributed by atoms with Crippen molar-refractivity contribution in [3.8, 4) is 11.5 Å². The summed E-state index contributed by atoms with van der Waals surface area (Å²) < 4.78 is 36.5. The first-order valence-electron chi connectivity index (χ1n) is 6.21. The van der Waals surface area contributed by atoms with Crippen LogP contribution in [0.3, 0.4) is 0 Å². The molecule has 2 aromatic rings. The van der Waals surface area contributed by atoms with E-state index in [4.69, 9.17) is 9.47 Å². The third-order valence-electron chi connectivity index (χ3n) is 3.05. The second-order valence-corrected chi connectivity index (χ2v) is 4.41. The van der Waals surface area contributed by atoms with Gasteiger partial charge >= 0.3 is 0 Å². The largest absolute Gasteiger partial charge is 0.454 e. The average Bonchev–Trinajstić information content (AvgIpc) is 2.96. The quantitative estimate of drug-likeness (QED) is 0.639. The first-order chi connectivity index (χ1) is 10.1. The molecule has 1 heterocycles. The molecule has 0 saturated carbocycles. The maximum absolute atomic E-state index is 13.1. The average molecular weight is 288 g/mol. The molecule has 0 radical (unpaired) electrons. The Morgan fingerprint density at radius 1 is 1.10 bits per heavy atom. The lowest BCUT2D eigenvalue weighted by Crippen LogP contribution is -1.97. The normalized spacial score (nSPS) is 12.9. The molecule has 3 nitrogen and oxygen atoms in total. The summed E-state index contributed by atoms with van der Waals surface area (Å²) in [6.07, 6.45) is 2.83. The highest BCUT2D eigenvalue weighted by Gasteiger charge is 2.15. The fraction of sp³-hybridized carbons (Fsp3) is 0.0625. The number of hydrogen-bond acceptors (Lipinski definition) is 3. The van der Waals surface area contributed by atoms with Crippen molar-refractivity contribution in [2.45, 2.75) is 0 Å². The van der Waals surface area contributed by atoms with Gasteiger partial charge in [-0.05, 0) is 36.4 Å². The van der Waals surface area contributed by atoms with Crippen molar-refractivity contribution in [1.29, 1.82) is 0 Å². The van der Waals surface area contributed by atoms with Crippen LogP contribution in [0.2, 0.25) is 0 Å². The van der Waals surface area contributed by atoms with Gasteiger partial charge in [-0.3, -0.25) is 4.79 Å². The van der Waals surface area contributed by atoms with Crippen molar-refractivity contribution in [2.75, 3.05) is 6.79 Å². The van der Waals surface area contributed by atoms with E-state index in [0.29, 0.717) is 17.1 Å². The first kappa shape index (κ1) is 13.3. The summed E-state index contributed by atoms with van der Waals surface area (Å²) >= 11 is 0. The minimum atomic E-state index is -1.05. The zero-order valence-electron chi connectivity index (χ0n) is 10.8. The van der Waals surface area contributed by atoms with Gasteiger partial charge in [0, 0.05) is 11.1 Å². The Morgan fingerprint density at radius 2 is 1.95 bits per heavy atom. The van der Waals surface area contributed by atoms with Crippen molar-refractivity contribution in [3.05, 3.63) is 65.2 Å². The number of para-hydroxylation sites is 1. The van der Waals surface area contributed by atoms with Crippen LogP contribution in [-0.2, 0) is 0 Å². The molecule has 2 aromatic carbocycles. The van der Waals surface area contributed by atoms with Gasteiger partial charge in [0.2, 0.25) is 6.79 Å². The lowest BCUT2D eigenvalue weighted by Gasteiger charge is -2.00. The predicted molar refractivity (Wildman–Crippen MR) is 72.3 cm³/mol. The summed E-state index contributed by atoms with van der Waals surface area (Å²) in [5.41, 5.74) is 0.760. The molecule has 1 aliphatic rings. The molecule has 5 heteroatoms. The topological polar surface area (TPSA) is 35.5 Å². The van der Waals surface area contributed by atoms with E-state index >= 15 is 0 Å². The van der Waals surface area contributed by atoms with Crippen molar-refractivity contribution >= 4 is 11.9 Å². The van der Waals surface area contributed by atoms with E-state index in [-0.39, 0.29) is 12.4 Å². The van der Waals surface area contributed by atoms with E-state index in [1.165, 1.54) is 12.1 Å². The molecule has 1 aliphatic heterocycles. The standard InChI is InChI=1S/C16H10F2O3/c17-12-6-4-11(8-13(12)18)14(19)7-5-10-2-1-3-15-16(10)21-9-20-15/h1-8H,9H2. The maximum atomic E-state index is 13.1. The lowest BCUT2D eigenvalue weighted by atomic mass is 10.1. The predicted octanol–water partition coefficient (Wildman–Crippen LogP) is 3.59. The molecular formula is C16H10F2O3. The second-order valence-electron chi connectivity index (χ2n) is 4.41. The molecule has 0 N–H and O–H groups in total. The molecule has 0 aromatic heterocycles. The highest BCUT2D eigenvalue weighted by Crippen LogP contribution is 2.35. The summed E-state index contributed by atoms with van der Waals surface area (Å²) in [5.74, 6) is -1.29. The molecule has 21 heavy (non-hydrogen) atoms. The molecule has 0 aliphatic carbocycles. The second kappa shape index (κ2) is 5.36. The summed E-state index contributed by atoms with van der Waals surface area (Å²) in [6, 6.07) is 8.33. The summed E-state index contributed by atoms with van der Waals surface area (Å²) in [4.78, 5) is 11.9. The number of fused-ring (bicyclic) bond motifs is 1. The molecule has 3 rings (SSSR count). The Bertz CT molecular complexity index is 738. The van der Waals surface area contributed by atoms with Crippen LogP contribution in [0.5, 0.6) is 11.5 Å². The van der Waals surface area contributed by atoms with Crippen molar-refractivity contribution in [2.24, 2.45) is 0 Å². The van der Waals surface area contributed by atoms with Crippen LogP contribution in [-0.4, -0.2) is 12.6 Å². The molecule has 0 fully saturated rings. The smallest absolute Gasteiger partial charge is 0.231 e. The van der Waals surface area contributed by atoms with Crippen LogP contribution < -0.4 is 9.47 Å². The molecule has 0 bridgehead atoms. The fourth-order valence-electron chi connectivity index (χ4n) is 2.00. The van der Waals surface area contributed by atoms with Crippen LogP contribution in [0.15, 0.2) is 42.5 Å². The van der Waals surface area contributed by atoms with Gasteiger partial charge in [-0.2, -0.15) is 0 Å². The SMILES string of the molecule is O=C(C=Cc1cccc2c1OCO2)c1ccc(F)c(F)c1. The van der Waals surface area contributed by atoms with Crippen molar-refractivity contribution in [1.82, 2.24) is 0 Å². The highest BCUT2D eigenvalue weighted by molar-refractivity contribution is 6.07. The van der Waals surface area contributed by atoms with E-state index in [2.05, 4.69) is 0 Å². The van der Waals surface area contributed by atoms with E-state index in [1.807, 2.05) is 0 Å². The molecule has 0 atom stereocenters. The Morgan fingerprint density at radius 3 is 2.76 bits per heavy atom. The number of benzene rings is 2. The fourth-order valence-corrected chi connectivity index (χ4v) is 2.00. The number of ketones is 1. The van der Waals surface area contributed by atoms with Crippen LogP contribution in [0.1, 0.15) is 15.9 Å². The van der Waals surface area contributed by atoms with Gasteiger partial charge in [0.15, 0.2) is 28.9 Å². The number of ether oxygens (including phenoxy) is 2. The van der Waals surface area contributed by atoms with Crippen LogP contribution in [0.4, 0.5) is 8.78 Å². The van der Waals surface area contributed by atoms with Gasteiger partial charge in [0.25, 0.3) is 0 Å². The zero-order chi connectivity index (χ0) is 14.8. The van der Waals surface area contributed by atoms with Gasteiger partial charge in [-0.25, -0.2) is 8.78 Å². The van der Waals surface area contributed by atoms with E-state index < -0.39 is 17.4 Å². The third-order valence-corrected chi connectivity index (χ3v) is 3.05. The maximum Gasteiger partial charge on any atom is 0.231 e. The summed E-state index contributed by atoms with van der Waals surface area (Å²) in [5, 5.41) is 0. The van der Waals surface area contributed by atoms with Gasteiger partial charge in [-0.15, -0.1) is 0 Å². The third kappa shape index (κ3) is 2.63. The van der Waals surface area contributed by atoms with Gasteiger partial charge < -0.3 is 9.47 Å². The Labute approximate surface area is 119 Å². The number of rotatable bonds is 3. The molecular weight excluding hydrogens is 278 g/mol. The Hall–Kier alpha value is -2.69. The van der Waals surface area contributed by atoms with Gasteiger partial charge in [0.05, 0.1) is 0 Å². The minimum absolute atomic E-state index is 0.0786. The number of allylic oxidation sites excluding steroid dienone is 1. The van der Waals surface area contributed by atoms with Crippen LogP contribution >= 0.6 is 0 Å². The molecule has 0 spiro atoms. The summed E-state index contributed by atoms with van der Waals surface area (Å²) in [7, 11) is 0. The molecule has 0 unspecified atom stereocenters. The van der Waals surface area contributed by atoms with E-state index in [1.54, 1.807) is 24.3 Å². The molecule has 0 saturated heterocycles. The highest BCUT2D eigenvalue weighted by atomic mass is 19.2. The number of hydrogen-bond donors (Lipinski definition) is 0. The molecule has 0 amide bonds. The van der Waals surface area contributed by atoms with Crippen molar-refractivity contribution in [3.63, 3.8) is 0 Å². The summed E-state index contributed by atoms with van der Waals surface area (Å²) in [6.45, 7) is 0.136. The lowest BCUT2D eigenvalue weighted by molar-refractivity contribution is 0.104. The minimum Gasteiger partial charge on any atom is -0.454 e. The number of halogens is 2. The van der Waals surface area contributed by atoms with Gasteiger partial charge in [0.1, 0.15) is 0 Å². The number of carbonyl (C=O) groups is 1. The van der Waals surface area contributed by atoms with Gasteiger partial charge in [-0.1, -0.05) is 12.1 Å². The van der Waals surface area contributed by atoms with Crippen LogP contribution in [0.25, 0.3) is 6.08 Å². The number of carbonyl (C=O) groups excluding carboxylic acids is 1. The van der Waals surface area contributed by atoms with E-state index in [0.717, 1.165) is 12.1 Å². The molecule has 106 valence electrons.